The first-order chi connectivity index (χ1) is 48.3. The highest BCUT2D eigenvalue weighted by molar-refractivity contribution is 7.15. The summed E-state index contributed by atoms with van der Waals surface area (Å²) in [6, 6.07) is 13.4. The highest BCUT2D eigenvalue weighted by atomic mass is 32.1. The van der Waals surface area contributed by atoms with E-state index < -0.39 is 102 Å². The van der Waals surface area contributed by atoms with Crippen LogP contribution in [0.3, 0.4) is 0 Å². The second-order valence-corrected chi connectivity index (χ2v) is 30.4. The van der Waals surface area contributed by atoms with Gasteiger partial charge in [-0.1, -0.05) is 49.4 Å². The number of likely N-dealkylation sites (tertiary alicyclic amines) is 1. The highest BCUT2D eigenvalue weighted by Gasteiger charge is 2.48. The molecule has 9 aromatic rings. The molecule has 27 nitrogen and oxygen atoms in total. The number of aryl methyl sites for hydroxylation is 1. The van der Waals surface area contributed by atoms with Crippen LogP contribution < -0.4 is 32.3 Å². The number of aromatic nitrogens is 7. The van der Waals surface area contributed by atoms with Crippen molar-refractivity contribution in [2.75, 3.05) is 32.7 Å². The molecule has 100 heavy (non-hydrogen) atoms. The Labute approximate surface area is 595 Å². The van der Waals surface area contributed by atoms with Gasteiger partial charge in [-0.05, 0) is 93.9 Å². The molecule has 10 bridgehead atoms. The first kappa shape index (κ1) is 69.1. The number of nitrogens with two attached hydrogens (primary N) is 1. The molecular weight excluding hydrogens is 1400 g/mol. The molecule has 2 aromatic carbocycles. The second kappa shape index (κ2) is 30.2. The van der Waals surface area contributed by atoms with Crippen LogP contribution in [0.25, 0.3) is 43.4 Å². The van der Waals surface area contributed by atoms with Crippen LogP contribution >= 0.6 is 68.0 Å². The normalized spacial score (nSPS) is 21.6. The molecule has 10 heterocycles. The summed E-state index contributed by atoms with van der Waals surface area (Å²) in [7, 11) is 0. The van der Waals surface area contributed by atoms with E-state index in [1.165, 1.54) is 56.9 Å². The van der Waals surface area contributed by atoms with Gasteiger partial charge in [0.1, 0.15) is 99.9 Å². The molecule has 1 aliphatic carbocycles. The highest BCUT2D eigenvalue weighted by Crippen LogP contribution is 2.44. The molecule has 13 rings (SSSR count). The molecule has 0 unspecified atom stereocenters. The molecule has 33 heteroatoms. The first-order valence-corrected chi connectivity index (χ1v) is 37.5. The Kier molecular flexibility index (Phi) is 20.9. The number of hydrogen-bond acceptors (Lipinski definition) is 25. The Balaban J connectivity index is 0.889. The van der Waals surface area contributed by atoms with Crippen LogP contribution in [0.2, 0.25) is 0 Å². The molecule has 4 aliphatic rings. The van der Waals surface area contributed by atoms with Crippen LogP contribution in [-0.2, 0) is 25.5 Å². The monoisotopic (exact) mass is 1470 g/mol. The van der Waals surface area contributed by atoms with Gasteiger partial charge in [-0.2, -0.15) is 0 Å². The number of nitrogens with zero attached hydrogens (tertiary/aromatic N) is 9. The Morgan fingerprint density at radius 1 is 0.690 bits per heavy atom. The fourth-order valence-electron chi connectivity index (χ4n) is 12.7. The number of alkyl carbamates (subject to hydrolysis) is 1. The quantitative estimate of drug-likeness (QED) is 0.0492. The number of aromatic hydroxyl groups is 1. The van der Waals surface area contributed by atoms with Crippen molar-refractivity contribution in [2.24, 2.45) is 17.6 Å². The van der Waals surface area contributed by atoms with Crippen LogP contribution in [0, 0.1) is 18.8 Å². The Bertz CT molecular complexity index is 4540. The summed E-state index contributed by atoms with van der Waals surface area (Å²) < 4.78 is 6.18. The minimum Gasteiger partial charge on any atom is -0.508 e. The number of phenols is 1. The largest absolute Gasteiger partial charge is 0.508 e. The molecule has 3 fully saturated rings. The number of aliphatic hydroxyl groups excluding tert-OH is 1. The van der Waals surface area contributed by atoms with Crippen LogP contribution in [0.1, 0.15) is 149 Å². The number of fused-ring (bicyclic) bond motifs is 16. The molecule has 0 spiro atoms. The van der Waals surface area contributed by atoms with Gasteiger partial charge in [-0.15, -0.1) is 68.0 Å². The molecule has 518 valence electrons. The summed E-state index contributed by atoms with van der Waals surface area (Å²) in [5, 5.41) is 56.7. The smallest absolute Gasteiger partial charge is 0.407 e. The number of nitrogens with one attached hydrogen (secondary N) is 5. The Hall–Kier alpha value is -9.35. The summed E-state index contributed by atoms with van der Waals surface area (Å²) in [4.78, 5) is 150. The number of primary amides is 1. The van der Waals surface area contributed by atoms with Crippen molar-refractivity contribution >= 4 is 116 Å². The number of phenolic OH excluding ortho intramolecular Hbond substituents is 1. The van der Waals surface area contributed by atoms with Gasteiger partial charge in [-0.3, -0.25) is 33.6 Å². The van der Waals surface area contributed by atoms with E-state index in [0.29, 0.717) is 103 Å². The summed E-state index contributed by atoms with van der Waals surface area (Å²) in [6.07, 6.45) is 0.629. The number of amides is 7. The maximum Gasteiger partial charge on any atom is 0.407 e. The topological polar surface area (TPSA) is 389 Å². The number of aliphatic carboxylic acids is 1. The Morgan fingerprint density at radius 3 is 2.10 bits per heavy atom. The molecular formula is C67H67N15O12S6. The van der Waals surface area contributed by atoms with Gasteiger partial charge >= 0.3 is 12.1 Å². The zero-order valence-corrected chi connectivity index (χ0v) is 58.6. The van der Waals surface area contributed by atoms with Gasteiger partial charge in [0.25, 0.3) is 23.6 Å². The fraction of sp³-hybridized carbons (Fsp3) is 0.358. The van der Waals surface area contributed by atoms with Crippen LogP contribution in [-0.4, -0.2) is 158 Å². The average Bonchev–Trinajstić information content (AvgIpc) is 1.62. The molecule has 10 N–H and O–H groups in total. The minimum atomic E-state index is -1.44. The fourth-order valence-corrected chi connectivity index (χ4v) is 18.0. The molecule has 2 saturated heterocycles. The lowest BCUT2D eigenvalue weighted by atomic mass is 9.86. The zero-order valence-electron chi connectivity index (χ0n) is 53.7. The van der Waals surface area contributed by atoms with Gasteiger partial charge in [0.2, 0.25) is 11.8 Å². The number of ether oxygens (including phenoxy) is 1. The van der Waals surface area contributed by atoms with Gasteiger partial charge in [0.05, 0.1) is 36.7 Å². The third-order valence-electron chi connectivity index (χ3n) is 18.0. The molecule has 7 amide bonds. The van der Waals surface area contributed by atoms with Gasteiger partial charge in [-0.25, -0.2) is 39.7 Å². The van der Waals surface area contributed by atoms with Crippen molar-refractivity contribution in [3.63, 3.8) is 0 Å². The van der Waals surface area contributed by atoms with E-state index in [9.17, 15) is 48.9 Å². The van der Waals surface area contributed by atoms with E-state index in [0.717, 1.165) is 59.9 Å². The lowest BCUT2D eigenvalue weighted by molar-refractivity contribution is -0.143. The van der Waals surface area contributed by atoms with Crippen LogP contribution in [0.15, 0.2) is 93.6 Å². The zero-order chi connectivity index (χ0) is 69.9. The maximum atomic E-state index is 15.8. The number of hydrogen-bond donors (Lipinski definition) is 9. The average molecular weight is 1470 g/mol. The van der Waals surface area contributed by atoms with Gasteiger partial charge in [0, 0.05) is 68.8 Å². The SMILES string of the molecule is Cc1sc2nc1C(=O)N[C@@H]([C@H](O)c1ccccc1)c1nc(cs1)C(=O)N[C@@H](Cc1ccc(O)cc1)C(=O)N1C[C@H](OC(=O)NCCN3CCCC3)[C@H](C)[C@H]1c1nc(cs1)-c1nc(cs1)-c1nc(-c3nc(C(=O)N[C@H]4CC[C@H](C(=O)O)CC4)cs3)ccc1-c1nc(cs1)C(=O)N[C@H]2CC(N)=O. The standard InChI is InChI=1S/C67H67N15O12S6/c1-32-48(94-67(93)69-20-23-81-21-6-7-22-81)26-82-53(32)64-78-47(31-99-64)61-74-43(27-96-61)51-39(18-19-40(71-51)60-76-44(29-97-60)55(86)70-37-14-12-36(13-15-37)66(91)92)59-75-45(28-95-59)56(87)72-41(25-49(68)84)62-80-50(33(2)100-62)58(89)79-52(54(85)35-8-4-3-5-9-35)63-77-46(30-98-63)57(88)73-42(65(82)90)24-34-10-16-38(83)17-11-34/h3-5,8-11,16-19,27-32,36-37,41-42,48,52-54,83,85H,6-7,12-15,20-26H2,1-2H3,(H2,68,84)(H,69,93)(H,70,86)(H,72,87)(H,73,88)(H,79,89)(H,91,92)/t32-,36-,37-,41-,42-,48-,52-,53-,54+/m0/s1. The maximum absolute atomic E-state index is 15.8. The van der Waals surface area contributed by atoms with Crippen LogP contribution in [0.5, 0.6) is 5.75 Å². The van der Waals surface area contributed by atoms with Crippen LogP contribution in [0.4, 0.5) is 4.79 Å². The van der Waals surface area contributed by atoms with Gasteiger partial charge in [0.15, 0.2) is 0 Å². The van der Waals surface area contributed by atoms with E-state index in [-0.39, 0.29) is 57.5 Å². The van der Waals surface area contributed by atoms with Crippen molar-refractivity contribution < 1.29 is 58.4 Å². The van der Waals surface area contributed by atoms with E-state index in [1.54, 1.807) is 82.6 Å². The number of aliphatic hydroxyl groups is 1. The predicted molar refractivity (Wildman–Crippen MR) is 375 cm³/mol. The lowest BCUT2D eigenvalue weighted by Gasteiger charge is -2.29. The number of carbonyl (C=O) groups is 8. The Morgan fingerprint density at radius 2 is 1.35 bits per heavy atom. The number of thiazole rings is 6. The number of carbonyl (C=O) groups excluding carboxylic acids is 7. The second-order valence-electron chi connectivity index (χ2n) is 24.8. The number of benzene rings is 2. The number of carboxylic acids is 1. The van der Waals surface area contributed by atoms with E-state index >= 15 is 4.79 Å². The van der Waals surface area contributed by atoms with Crippen molar-refractivity contribution in [2.45, 2.75) is 108 Å². The first-order valence-electron chi connectivity index (χ1n) is 32.3. The van der Waals surface area contributed by atoms with Crippen molar-refractivity contribution in [3.8, 4) is 49.1 Å². The number of pyridine rings is 1. The van der Waals surface area contributed by atoms with E-state index in [1.807, 2.05) is 6.92 Å². The molecule has 7 aromatic heterocycles. The lowest BCUT2D eigenvalue weighted by Crippen LogP contribution is -2.50. The summed E-state index contributed by atoms with van der Waals surface area (Å²) in [6.45, 7) is 6.25. The van der Waals surface area contributed by atoms with Crippen molar-refractivity contribution in [1.29, 1.82) is 0 Å². The molecule has 3 aliphatic heterocycles. The van der Waals surface area contributed by atoms with E-state index in [2.05, 4.69) is 36.5 Å². The number of carboxylic acid groups (broad SMARTS) is 1. The number of rotatable bonds is 14. The van der Waals surface area contributed by atoms with Gasteiger partial charge < -0.3 is 62.2 Å². The van der Waals surface area contributed by atoms with Crippen molar-refractivity contribution in [1.82, 2.24) is 71.3 Å². The third kappa shape index (κ3) is 15.5. The third-order valence-corrected chi connectivity index (χ3v) is 23.5. The predicted octanol–water partition coefficient (Wildman–Crippen LogP) is 8.49. The molecule has 7 atom stereocenters. The summed E-state index contributed by atoms with van der Waals surface area (Å²) in [5.41, 5.74) is 8.60. The molecule has 0 radical (unpaired) electrons. The summed E-state index contributed by atoms with van der Waals surface area (Å²) in [5.74, 6) is -5.88. The summed E-state index contributed by atoms with van der Waals surface area (Å²) >= 11 is 6.86. The minimum absolute atomic E-state index is 0.0214. The molecule has 1 saturated carbocycles. The van der Waals surface area contributed by atoms with E-state index in [4.69, 9.17) is 40.4 Å². The van der Waals surface area contributed by atoms with Crippen molar-refractivity contribution in [3.05, 3.63) is 147 Å².